The van der Waals surface area contributed by atoms with Gasteiger partial charge in [-0.3, -0.25) is 4.79 Å². The highest BCUT2D eigenvalue weighted by molar-refractivity contribution is 9.10. The molecule has 2 unspecified atom stereocenters. The van der Waals surface area contributed by atoms with Gasteiger partial charge < -0.3 is 15.8 Å². The molecule has 8 heteroatoms. The second-order valence-electron chi connectivity index (χ2n) is 6.39. The number of anilines is 1. The van der Waals surface area contributed by atoms with Gasteiger partial charge >= 0.3 is 6.18 Å². The summed E-state index contributed by atoms with van der Waals surface area (Å²) in [4.78, 5) is 12.2. The first kappa shape index (κ1) is 19.7. The molecule has 1 aliphatic rings. The number of benzene rings is 2. The van der Waals surface area contributed by atoms with Crippen molar-refractivity contribution in [1.29, 1.82) is 0 Å². The minimum atomic E-state index is -4.35. The summed E-state index contributed by atoms with van der Waals surface area (Å²) in [6.45, 7) is 0.311. The van der Waals surface area contributed by atoms with Gasteiger partial charge in [0.2, 0.25) is 0 Å². The lowest BCUT2D eigenvalue weighted by molar-refractivity contribution is -0.137. The van der Waals surface area contributed by atoms with Crippen LogP contribution in [0.2, 0.25) is 0 Å². The number of nitrogen functional groups attached to an aromatic ring is 1. The number of carbonyl (C=O) groups is 1. The molecule has 0 spiro atoms. The Morgan fingerprint density at radius 2 is 1.89 bits per heavy atom. The number of rotatable bonds is 4. The number of hydrogen-bond acceptors (Lipinski definition) is 3. The first-order chi connectivity index (χ1) is 12.7. The number of amides is 1. The third-order valence-corrected chi connectivity index (χ3v) is 4.96. The molecule has 4 nitrogen and oxygen atoms in total. The third-order valence-electron chi connectivity index (χ3n) is 4.47. The number of halogens is 4. The van der Waals surface area contributed by atoms with Crippen LogP contribution < -0.4 is 11.1 Å². The third kappa shape index (κ3) is 4.81. The van der Waals surface area contributed by atoms with Crippen LogP contribution in [-0.4, -0.2) is 18.6 Å². The zero-order valence-corrected chi connectivity index (χ0v) is 15.8. The average Bonchev–Trinajstić information content (AvgIpc) is 3.08. The van der Waals surface area contributed by atoms with Gasteiger partial charge in [0.25, 0.3) is 5.91 Å². The van der Waals surface area contributed by atoms with E-state index in [9.17, 15) is 18.0 Å². The van der Waals surface area contributed by atoms with E-state index in [0.29, 0.717) is 36.2 Å². The number of alkyl halides is 3. The number of nitrogens with one attached hydrogen (secondary N) is 1. The van der Waals surface area contributed by atoms with E-state index in [2.05, 4.69) is 21.2 Å². The normalized spacial score (nSPS) is 19.9. The van der Waals surface area contributed by atoms with Gasteiger partial charge in [0.1, 0.15) is 0 Å². The molecular formula is C19H18BrF3N2O2. The largest absolute Gasteiger partial charge is 0.416 e. The molecule has 0 saturated carbocycles. The van der Waals surface area contributed by atoms with Gasteiger partial charge in [-0.25, -0.2) is 0 Å². The molecule has 2 aromatic rings. The summed E-state index contributed by atoms with van der Waals surface area (Å²) in [5.74, 6) is -0.290. The number of nitrogens with two attached hydrogens (primary N) is 1. The fourth-order valence-electron chi connectivity index (χ4n) is 3.03. The molecule has 3 rings (SSSR count). The Hall–Kier alpha value is -2.06. The standard InChI is InChI=1S/C19H18BrF3N2O2/c20-13-5-7-15(16(24)9-13)18(26)25-10-14-6-8-17(27-14)11-1-3-12(4-2-11)19(21,22)23/h1-5,7,9,14,17H,6,8,10,24H2,(H,25,26). The van der Waals surface area contributed by atoms with Crippen molar-refractivity contribution < 1.29 is 22.7 Å². The maximum atomic E-state index is 12.6. The van der Waals surface area contributed by atoms with E-state index in [1.54, 1.807) is 18.2 Å². The molecule has 2 atom stereocenters. The van der Waals surface area contributed by atoms with Crippen LogP contribution in [-0.2, 0) is 10.9 Å². The average molecular weight is 443 g/mol. The van der Waals surface area contributed by atoms with Crippen LogP contribution in [0.5, 0.6) is 0 Å². The highest BCUT2D eigenvalue weighted by atomic mass is 79.9. The predicted octanol–water partition coefficient (Wildman–Crippen LogP) is 4.70. The van der Waals surface area contributed by atoms with Gasteiger partial charge in [-0.15, -0.1) is 0 Å². The van der Waals surface area contributed by atoms with Crippen molar-refractivity contribution in [2.24, 2.45) is 0 Å². The maximum absolute atomic E-state index is 12.6. The van der Waals surface area contributed by atoms with Crippen molar-refractivity contribution in [3.63, 3.8) is 0 Å². The number of ether oxygens (including phenoxy) is 1. The Bertz CT molecular complexity index is 825. The minimum Gasteiger partial charge on any atom is -0.398 e. The molecule has 3 N–H and O–H groups in total. The smallest absolute Gasteiger partial charge is 0.398 e. The minimum absolute atomic E-state index is 0.196. The van der Waals surface area contributed by atoms with Crippen molar-refractivity contribution in [3.8, 4) is 0 Å². The SMILES string of the molecule is Nc1cc(Br)ccc1C(=O)NCC1CCC(c2ccc(C(F)(F)F)cc2)O1. The van der Waals surface area contributed by atoms with Crippen LogP contribution in [0.15, 0.2) is 46.9 Å². The van der Waals surface area contributed by atoms with Crippen molar-refractivity contribution in [3.05, 3.63) is 63.6 Å². The summed E-state index contributed by atoms with van der Waals surface area (Å²) in [6.07, 6.45) is -3.42. The lowest BCUT2D eigenvalue weighted by Crippen LogP contribution is -2.32. The number of hydrogen-bond donors (Lipinski definition) is 2. The van der Waals surface area contributed by atoms with Crippen molar-refractivity contribution in [1.82, 2.24) is 5.32 Å². The van der Waals surface area contributed by atoms with E-state index in [1.807, 2.05) is 0 Å². The Labute approximate surface area is 163 Å². The van der Waals surface area contributed by atoms with Gasteiger partial charge in [-0.1, -0.05) is 28.1 Å². The number of carbonyl (C=O) groups excluding carboxylic acids is 1. The molecule has 2 aromatic carbocycles. The van der Waals surface area contributed by atoms with Gasteiger partial charge in [0.05, 0.1) is 23.3 Å². The summed E-state index contributed by atoms with van der Waals surface area (Å²) in [5.41, 5.74) is 6.62. The van der Waals surface area contributed by atoms with Crippen LogP contribution in [0.4, 0.5) is 18.9 Å². The van der Waals surface area contributed by atoms with Gasteiger partial charge in [-0.05, 0) is 48.7 Å². The van der Waals surface area contributed by atoms with E-state index in [-0.39, 0.29) is 18.1 Å². The Morgan fingerprint density at radius 3 is 2.52 bits per heavy atom. The fourth-order valence-corrected chi connectivity index (χ4v) is 3.41. The van der Waals surface area contributed by atoms with Gasteiger partial charge in [0, 0.05) is 16.7 Å². The van der Waals surface area contributed by atoms with Crippen molar-refractivity contribution in [2.75, 3.05) is 12.3 Å². The molecule has 1 fully saturated rings. The molecule has 0 aromatic heterocycles. The molecule has 0 aliphatic carbocycles. The fraction of sp³-hybridized carbons (Fsp3) is 0.316. The zero-order chi connectivity index (χ0) is 19.6. The van der Waals surface area contributed by atoms with E-state index in [0.717, 1.165) is 16.6 Å². The molecular weight excluding hydrogens is 425 g/mol. The van der Waals surface area contributed by atoms with Crippen molar-refractivity contribution >= 4 is 27.5 Å². The highest BCUT2D eigenvalue weighted by Gasteiger charge is 2.31. The highest BCUT2D eigenvalue weighted by Crippen LogP contribution is 2.35. The summed E-state index contributed by atoms with van der Waals surface area (Å²) >= 11 is 3.29. The van der Waals surface area contributed by atoms with Crippen LogP contribution >= 0.6 is 15.9 Å². The molecule has 0 bridgehead atoms. The Morgan fingerprint density at radius 1 is 1.19 bits per heavy atom. The lowest BCUT2D eigenvalue weighted by Gasteiger charge is -2.16. The van der Waals surface area contributed by atoms with Crippen LogP contribution in [0, 0.1) is 0 Å². The van der Waals surface area contributed by atoms with Gasteiger partial charge in [-0.2, -0.15) is 13.2 Å². The molecule has 1 aliphatic heterocycles. The van der Waals surface area contributed by atoms with E-state index >= 15 is 0 Å². The molecule has 1 saturated heterocycles. The molecule has 0 radical (unpaired) electrons. The summed E-state index contributed by atoms with van der Waals surface area (Å²) in [6, 6.07) is 10.0. The quantitative estimate of drug-likeness (QED) is 0.674. The summed E-state index contributed by atoms with van der Waals surface area (Å²) in [5, 5.41) is 2.79. The van der Waals surface area contributed by atoms with E-state index in [1.165, 1.54) is 12.1 Å². The summed E-state index contributed by atoms with van der Waals surface area (Å²) in [7, 11) is 0. The first-order valence-corrected chi connectivity index (χ1v) is 9.19. The molecule has 1 heterocycles. The second kappa shape index (κ2) is 7.90. The molecule has 144 valence electrons. The van der Waals surface area contributed by atoms with Crippen LogP contribution in [0.1, 0.15) is 40.4 Å². The predicted molar refractivity (Wildman–Crippen MR) is 99.2 cm³/mol. The van der Waals surface area contributed by atoms with E-state index < -0.39 is 11.7 Å². The zero-order valence-electron chi connectivity index (χ0n) is 14.2. The topological polar surface area (TPSA) is 64.4 Å². The van der Waals surface area contributed by atoms with Crippen molar-refractivity contribution in [2.45, 2.75) is 31.2 Å². The van der Waals surface area contributed by atoms with E-state index in [4.69, 9.17) is 10.5 Å². The van der Waals surface area contributed by atoms with Crippen LogP contribution in [0.3, 0.4) is 0 Å². The van der Waals surface area contributed by atoms with Gasteiger partial charge in [0.15, 0.2) is 0 Å². The van der Waals surface area contributed by atoms with Crippen LogP contribution in [0.25, 0.3) is 0 Å². The first-order valence-electron chi connectivity index (χ1n) is 8.40. The Balaban J connectivity index is 1.54. The molecule has 1 amide bonds. The lowest BCUT2D eigenvalue weighted by atomic mass is 10.0. The monoisotopic (exact) mass is 442 g/mol. The Kier molecular flexibility index (Phi) is 5.76. The molecule has 27 heavy (non-hydrogen) atoms. The maximum Gasteiger partial charge on any atom is 0.416 e. The summed E-state index contributed by atoms with van der Waals surface area (Å²) < 4.78 is 44.6. The second-order valence-corrected chi connectivity index (χ2v) is 7.30.